The fourth-order valence-corrected chi connectivity index (χ4v) is 5.46. The summed E-state index contributed by atoms with van der Waals surface area (Å²) in [4.78, 5) is 35.8. The van der Waals surface area contributed by atoms with Crippen LogP contribution in [0.5, 0.6) is 11.8 Å². The fourth-order valence-electron chi connectivity index (χ4n) is 3.70. The van der Waals surface area contributed by atoms with Gasteiger partial charge in [-0.25, -0.2) is 0 Å². The average molecular weight is 517 g/mol. The summed E-state index contributed by atoms with van der Waals surface area (Å²) in [5.41, 5.74) is -1.32. The number of nitrogens with zero attached hydrogens (tertiary/aromatic N) is 6. The number of halogens is 1. The van der Waals surface area contributed by atoms with Crippen LogP contribution in [-0.4, -0.2) is 39.4 Å². The number of rotatable bonds is 5. The summed E-state index contributed by atoms with van der Waals surface area (Å²) in [6, 6.07) is 6.37. The highest BCUT2D eigenvalue weighted by atomic mass is 35.5. The van der Waals surface area contributed by atoms with Crippen molar-refractivity contribution in [2.75, 3.05) is 0 Å². The molecule has 0 spiro atoms. The van der Waals surface area contributed by atoms with E-state index in [1.54, 1.807) is 24.3 Å². The molecular formula is C21H17ClN6O4S2. The van der Waals surface area contributed by atoms with E-state index in [1.165, 1.54) is 22.7 Å². The van der Waals surface area contributed by atoms with Crippen molar-refractivity contribution in [1.29, 1.82) is 0 Å². The maximum absolute atomic E-state index is 13.5. The summed E-state index contributed by atoms with van der Waals surface area (Å²) < 4.78 is 2.19. The lowest BCUT2D eigenvalue weighted by Crippen LogP contribution is -2.29. The van der Waals surface area contributed by atoms with E-state index in [9.17, 15) is 19.8 Å². The molecule has 4 aromatic heterocycles. The second kappa shape index (κ2) is 8.46. The number of hydrogen-bond acceptors (Lipinski definition) is 10. The van der Waals surface area contributed by atoms with Gasteiger partial charge in [-0.3, -0.25) is 9.59 Å². The SMILES string of the molecule is CCc1nn2c(=O)c(C(c3ccc(Cl)cc3)c3c(O)nc4sc(CC)nn4c3=O)c(O)nc2s1. The lowest BCUT2D eigenvalue weighted by atomic mass is 9.87. The van der Waals surface area contributed by atoms with Gasteiger partial charge in [-0.05, 0) is 30.5 Å². The maximum atomic E-state index is 13.5. The third-order valence-corrected chi connectivity index (χ3v) is 7.68. The Bertz CT molecular complexity index is 1570. The van der Waals surface area contributed by atoms with Crippen molar-refractivity contribution < 1.29 is 10.2 Å². The molecule has 10 nitrogen and oxygen atoms in total. The van der Waals surface area contributed by atoms with E-state index in [0.29, 0.717) is 33.4 Å². The van der Waals surface area contributed by atoms with Crippen molar-refractivity contribution in [2.45, 2.75) is 32.6 Å². The zero-order valence-electron chi connectivity index (χ0n) is 17.9. The van der Waals surface area contributed by atoms with Gasteiger partial charge in [0.05, 0.1) is 17.0 Å². The highest BCUT2D eigenvalue weighted by Gasteiger charge is 2.33. The number of aryl methyl sites for hydroxylation is 2. The Labute approximate surface area is 204 Å². The largest absolute Gasteiger partial charge is 0.493 e. The summed E-state index contributed by atoms with van der Waals surface area (Å²) in [7, 11) is 0. The van der Waals surface area contributed by atoms with Gasteiger partial charge in [-0.1, -0.05) is 60.3 Å². The van der Waals surface area contributed by atoms with Crippen LogP contribution in [0.15, 0.2) is 33.9 Å². The molecule has 0 bridgehead atoms. The molecule has 0 unspecified atom stereocenters. The maximum Gasteiger partial charge on any atom is 0.283 e. The molecule has 4 heterocycles. The Morgan fingerprint density at radius 2 is 1.29 bits per heavy atom. The lowest BCUT2D eigenvalue weighted by Gasteiger charge is -2.18. The average Bonchev–Trinajstić information content (AvgIpc) is 3.42. The summed E-state index contributed by atoms with van der Waals surface area (Å²) >= 11 is 8.41. The van der Waals surface area contributed by atoms with Gasteiger partial charge >= 0.3 is 0 Å². The van der Waals surface area contributed by atoms with Crippen LogP contribution in [0, 0.1) is 0 Å². The predicted octanol–water partition coefficient (Wildman–Crippen LogP) is 2.99. The van der Waals surface area contributed by atoms with Crippen molar-refractivity contribution in [3.63, 3.8) is 0 Å². The zero-order valence-corrected chi connectivity index (χ0v) is 20.3. The minimum absolute atomic E-state index is 0.215. The topological polar surface area (TPSA) is 135 Å². The smallest absolute Gasteiger partial charge is 0.283 e. The van der Waals surface area contributed by atoms with Crippen LogP contribution in [0.1, 0.15) is 46.5 Å². The molecule has 5 aromatic rings. The molecule has 0 atom stereocenters. The highest BCUT2D eigenvalue weighted by molar-refractivity contribution is 7.16. The molecule has 0 aliphatic carbocycles. The Morgan fingerprint density at radius 3 is 1.71 bits per heavy atom. The van der Waals surface area contributed by atoms with E-state index in [-0.39, 0.29) is 21.0 Å². The molecule has 0 aliphatic heterocycles. The fraction of sp³-hybridized carbons (Fsp3) is 0.238. The number of benzene rings is 1. The van der Waals surface area contributed by atoms with Crippen molar-refractivity contribution >= 4 is 44.2 Å². The quantitative estimate of drug-likeness (QED) is 0.364. The monoisotopic (exact) mass is 516 g/mol. The summed E-state index contributed by atoms with van der Waals surface area (Å²) in [5, 5.41) is 32.0. The molecule has 5 rings (SSSR count). The number of aromatic hydroxyl groups is 2. The predicted molar refractivity (Wildman–Crippen MR) is 129 cm³/mol. The molecule has 0 amide bonds. The van der Waals surface area contributed by atoms with Crippen LogP contribution in [0.25, 0.3) is 9.92 Å². The first-order chi connectivity index (χ1) is 16.3. The molecule has 13 heteroatoms. The molecule has 34 heavy (non-hydrogen) atoms. The highest BCUT2D eigenvalue weighted by Crippen LogP contribution is 2.37. The minimum Gasteiger partial charge on any atom is -0.493 e. The Hall–Kier alpha value is -3.35. The number of aromatic nitrogens is 6. The summed E-state index contributed by atoms with van der Waals surface area (Å²) in [5.74, 6) is -2.33. The molecular weight excluding hydrogens is 500 g/mol. The van der Waals surface area contributed by atoms with Crippen molar-refractivity contribution in [2.24, 2.45) is 0 Å². The zero-order chi connectivity index (χ0) is 24.1. The van der Waals surface area contributed by atoms with E-state index in [4.69, 9.17) is 11.6 Å². The van der Waals surface area contributed by atoms with Crippen LogP contribution >= 0.6 is 34.3 Å². The van der Waals surface area contributed by atoms with Crippen LogP contribution in [-0.2, 0) is 12.8 Å². The molecule has 0 fully saturated rings. The van der Waals surface area contributed by atoms with Gasteiger partial charge < -0.3 is 10.2 Å². The Morgan fingerprint density at radius 1 is 0.853 bits per heavy atom. The molecule has 0 saturated carbocycles. The van der Waals surface area contributed by atoms with E-state index in [1.807, 2.05) is 13.8 Å². The first-order valence-electron chi connectivity index (χ1n) is 10.3. The third-order valence-electron chi connectivity index (χ3n) is 5.32. The first kappa shape index (κ1) is 22.4. The molecule has 0 aliphatic rings. The number of fused-ring (bicyclic) bond motifs is 2. The number of hydrogen-bond donors (Lipinski definition) is 2. The van der Waals surface area contributed by atoms with Crippen LogP contribution in [0.3, 0.4) is 0 Å². The third kappa shape index (κ3) is 3.54. The summed E-state index contributed by atoms with van der Waals surface area (Å²) in [6.45, 7) is 3.77. The summed E-state index contributed by atoms with van der Waals surface area (Å²) in [6.07, 6.45) is 1.16. The van der Waals surface area contributed by atoms with Gasteiger partial charge in [0.1, 0.15) is 10.0 Å². The van der Waals surface area contributed by atoms with Gasteiger partial charge in [-0.2, -0.15) is 29.2 Å². The van der Waals surface area contributed by atoms with E-state index in [2.05, 4.69) is 20.2 Å². The van der Waals surface area contributed by atoms with E-state index >= 15 is 0 Å². The van der Waals surface area contributed by atoms with E-state index in [0.717, 1.165) is 9.03 Å². The van der Waals surface area contributed by atoms with Crippen molar-refractivity contribution in [3.05, 3.63) is 76.7 Å². The normalized spacial score (nSPS) is 11.8. The lowest BCUT2D eigenvalue weighted by molar-refractivity contribution is 0.433. The molecule has 1 aromatic carbocycles. The molecule has 174 valence electrons. The minimum atomic E-state index is -1.20. The van der Waals surface area contributed by atoms with Gasteiger partial charge in [0.2, 0.25) is 21.7 Å². The van der Waals surface area contributed by atoms with Crippen molar-refractivity contribution in [3.8, 4) is 11.8 Å². The molecule has 0 saturated heterocycles. The molecule has 0 radical (unpaired) electrons. The van der Waals surface area contributed by atoms with Crippen LogP contribution in [0.4, 0.5) is 0 Å². The van der Waals surface area contributed by atoms with Crippen LogP contribution in [0.2, 0.25) is 5.02 Å². The second-order valence-electron chi connectivity index (χ2n) is 7.38. The van der Waals surface area contributed by atoms with E-state index < -0.39 is 28.8 Å². The standard InChI is InChI=1S/C21H17ClN6O4S2/c1-3-11-25-27-18(31)14(16(29)23-20(27)33-11)13(9-5-7-10(22)8-6-9)15-17(30)24-21-28(19(15)32)26-12(4-2)34-21/h5-8,13,29-30H,3-4H2,1-2H3. The first-order valence-corrected chi connectivity index (χ1v) is 12.3. The van der Waals surface area contributed by atoms with Crippen molar-refractivity contribution in [1.82, 2.24) is 29.2 Å². The Kier molecular flexibility index (Phi) is 5.58. The van der Waals surface area contributed by atoms with Gasteiger partial charge in [0, 0.05) is 5.02 Å². The molecule has 2 N–H and O–H groups in total. The Balaban J connectivity index is 1.87. The van der Waals surface area contributed by atoms with Gasteiger partial charge in [-0.15, -0.1) is 0 Å². The van der Waals surface area contributed by atoms with Gasteiger partial charge in [0.25, 0.3) is 11.1 Å². The second-order valence-corrected chi connectivity index (χ2v) is 9.90. The van der Waals surface area contributed by atoms with Gasteiger partial charge in [0.15, 0.2) is 0 Å². The van der Waals surface area contributed by atoms with Crippen LogP contribution < -0.4 is 11.1 Å².